The second-order valence-electron chi connectivity index (χ2n) is 9.12. The van der Waals surface area contributed by atoms with E-state index < -0.39 is 5.54 Å². The highest BCUT2D eigenvalue weighted by Crippen LogP contribution is 2.47. The van der Waals surface area contributed by atoms with Gasteiger partial charge in [-0.2, -0.15) is 5.26 Å². The van der Waals surface area contributed by atoms with E-state index >= 15 is 0 Å². The third kappa shape index (κ3) is 4.34. The van der Waals surface area contributed by atoms with Crippen LogP contribution in [0.4, 0.5) is 0 Å². The molecule has 1 heterocycles. The van der Waals surface area contributed by atoms with Crippen molar-refractivity contribution < 1.29 is 9.53 Å². The molecule has 6 nitrogen and oxygen atoms in total. The van der Waals surface area contributed by atoms with E-state index in [4.69, 9.17) is 15.5 Å². The second kappa shape index (κ2) is 9.04. The topological polar surface area (TPSA) is 91.7 Å². The molecule has 0 saturated heterocycles. The fourth-order valence-corrected chi connectivity index (χ4v) is 4.97. The van der Waals surface area contributed by atoms with E-state index in [2.05, 4.69) is 19.1 Å². The Morgan fingerprint density at radius 3 is 2.69 bits per heavy atom. The predicted octanol–water partition coefficient (Wildman–Crippen LogP) is 4.57. The number of hydrogen-bond acceptors (Lipinski definition) is 4. The van der Waals surface area contributed by atoms with E-state index in [1.54, 1.807) is 13.1 Å². The van der Waals surface area contributed by atoms with Gasteiger partial charge in [0.15, 0.2) is 5.96 Å². The highest BCUT2D eigenvalue weighted by Gasteiger charge is 2.42. The molecular formula is C26H30N4O2. The van der Waals surface area contributed by atoms with Gasteiger partial charge in [0.2, 0.25) is 6.41 Å². The first-order chi connectivity index (χ1) is 15.4. The van der Waals surface area contributed by atoms with Crippen molar-refractivity contribution in [2.45, 2.75) is 57.1 Å². The summed E-state index contributed by atoms with van der Waals surface area (Å²) in [6.07, 6.45) is 7.55. The molecule has 2 atom stereocenters. The Hall–Kier alpha value is -3.33. The Bertz CT molecular complexity index is 1070. The molecule has 0 spiro atoms. The summed E-state index contributed by atoms with van der Waals surface area (Å²) >= 11 is 0. The first-order valence-electron chi connectivity index (χ1n) is 11.3. The average Bonchev–Trinajstić information content (AvgIpc) is 2.83. The number of nitrogens with zero attached hydrogens (tertiary/aromatic N) is 3. The van der Waals surface area contributed by atoms with Crippen LogP contribution >= 0.6 is 0 Å². The largest absolute Gasteiger partial charge is 0.490 e. The first kappa shape index (κ1) is 21.9. The molecule has 1 amide bonds. The molecule has 0 radical (unpaired) electrons. The lowest BCUT2D eigenvalue weighted by Crippen LogP contribution is -2.43. The van der Waals surface area contributed by atoms with E-state index in [0.717, 1.165) is 22.4 Å². The van der Waals surface area contributed by atoms with Crippen molar-refractivity contribution in [2.75, 3.05) is 7.05 Å². The zero-order valence-corrected chi connectivity index (χ0v) is 18.8. The van der Waals surface area contributed by atoms with Crippen molar-refractivity contribution in [3.63, 3.8) is 0 Å². The van der Waals surface area contributed by atoms with Crippen molar-refractivity contribution in [2.24, 2.45) is 16.6 Å². The Balaban J connectivity index is 1.78. The number of nitrogens with two attached hydrogens (primary N) is 1. The molecule has 166 valence electrons. The Kier molecular flexibility index (Phi) is 6.18. The van der Waals surface area contributed by atoms with Gasteiger partial charge in [-0.25, -0.2) is 4.99 Å². The maximum absolute atomic E-state index is 11.3. The molecule has 4 rings (SSSR count). The van der Waals surface area contributed by atoms with E-state index in [1.165, 1.54) is 37.0 Å². The van der Waals surface area contributed by atoms with Crippen LogP contribution < -0.4 is 10.5 Å². The lowest BCUT2D eigenvalue weighted by molar-refractivity contribution is -0.114. The van der Waals surface area contributed by atoms with Gasteiger partial charge < -0.3 is 10.5 Å². The van der Waals surface area contributed by atoms with Gasteiger partial charge in [0.05, 0.1) is 17.2 Å². The highest BCUT2D eigenvalue weighted by molar-refractivity contribution is 5.87. The molecule has 2 unspecified atom stereocenters. The maximum Gasteiger partial charge on any atom is 0.216 e. The number of carbonyl (C=O) groups excluding carboxylic acids is 1. The molecule has 2 aliphatic rings. The summed E-state index contributed by atoms with van der Waals surface area (Å²) in [4.78, 5) is 17.4. The Labute approximate surface area is 189 Å². The predicted molar refractivity (Wildman–Crippen MR) is 125 cm³/mol. The van der Waals surface area contributed by atoms with Crippen LogP contribution in [0.25, 0.3) is 11.1 Å². The Morgan fingerprint density at radius 2 is 1.97 bits per heavy atom. The second-order valence-corrected chi connectivity index (χ2v) is 9.12. The van der Waals surface area contributed by atoms with E-state index in [1.807, 2.05) is 30.3 Å². The van der Waals surface area contributed by atoms with Crippen LogP contribution in [0, 0.1) is 17.2 Å². The van der Waals surface area contributed by atoms with Gasteiger partial charge in [0.1, 0.15) is 11.9 Å². The molecule has 0 aromatic heterocycles. The molecule has 2 aromatic rings. The van der Waals surface area contributed by atoms with Crippen LogP contribution in [0.5, 0.6) is 5.75 Å². The number of ether oxygens (including phenoxy) is 1. The molecule has 6 heteroatoms. The van der Waals surface area contributed by atoms with E-state index in [9.17, 15) is 10.1 Å². The quantitative estimate of drug-likeness (QED) is 0.437. The molecular weight excluding hydrogens is 400 g/mol. The molecule has 1 aliphatic carbocycles. The van der Waals surface area contributed by atoms with Crippen LogP contribution in [-0.2, 0) is 10.3 Å². The zero-order valence-electron chi connectivity index (χ0n) is 18.8. The minimum atomic E-state index is -0.625. The smallest absolute Gasteiger partial charge is 0.216 e. The lowest BCUT2D eigenvalue weighted by atomic mass is 9.76. The van der Waals surface area contributed by atoms with Crippen molar-refractivity contribution in [1.82, 2.24) is 4.90 Å². The van der Waals surface area contributed by atoms with Crippen molar-refractivity contribution in [1.29, 1.82) is 5.26 Å². The number of guanidine groups is 1. The van der Waals surface area contributed by atoms with Crippen molar-refractivity contribution in [3.05, 3.63) is 53.6 Å². The van der Waals surface area contributed by atoms with Gasteiger partial charge in [-0.15, -0.1) is 0 Å². The normalized spacial score (nSPS) is 23.5. The SMILES string of the molecule is CN(C=O)C(N)=NC1(C)CC(C2CCCCC2)Oc2ccc(-c3cccc(C#N)c3)cc21. The number of benzene rings is 2. The molecule has 1 aliphatic heterocycles. The standard InChI is InChI=1S/C26H30N4O2/c1-26(29-25(28)30(2)17-31)15-24(19-8-4-3-5-9-19)32-23-12-11-21(14-22(23)26)20-10-6-7-18(13-20)16-27/h6-7,10-14,17,19,24H,3-5,8-9,15H2,1-2H3,(H2,28,29). The summed E-state index contributed by atoms with van der Waals surface area (Å²) < 4.78 is 6.53. The van der Waals surface area contributed by atoms with Gasteiger partial charge >= 0.3 is 0 Å². The Morgan fingerprint density at radius 1 is 1.22 bits per heavy atom. The summed E-state index contributed by atoms with van der Waals surface area (Å²) in [5.41, 5.74) is 9.08. The van der Waals surface area contributed by atoms with Crippen molar-refractivity contribution in [3.8, 4) is 22.9 Å². The number of nitriles is 1. The van der Waals surface area contributed by atoms with Crippen LogP contribution in [0.3, 0.4) is 0 Å². The minimum absolute atomic E-state index is 0.0682. The van der Waals surface area contributed by atoms with Gasteiger partial charge in [-0.3, -0.25) is 9.69 Å². The monoisotopic (exact) mass is 430 g/mol. The number of hydrogen-bond donors (Lipinski definition) is 1. The highest BCUT2D eigenvalue weighted by atomic mass is 16.5. The van der Waals surface area contributed by atoms with E-state index in [-0.39, 0.29) is 12.1 Å². The van der Waals surface area contributed by atoms with E-state index in [0.29, 0.717) is 24.3 Å². The maximum atomic E-state index is 11.3. The third-order valence-electron chi connectivity index (χ3n) is 6.82. The van der Waals surface area contributed by atoms with Crippen LogP contribution in [0.1, 0.15) is 56.6 Å². The zero-order chi connectivity index (χ0) is 22.7. The summed E-state index contributed by atoms with van der Waals surface area (Å²) in [6, 6.07) is 15.9. The molecule has 2 aromatic carbocycles. The van der Waals surface area contributed by atoms with Gasteiger partial charge in [0.25, 0.3) is 0 Å². The molecule has 0 bridgehead atoms. The van der Waals surface area contributed by atoms with Crippen LogP contribution in [-0.4, -0.2) is 30.4 Å². The van der Waals surface area contributed by atoms with Crippen molar-refractivity contribution >= 4 is 12.4 Å². The van der Waals surface area contributed by atoms with Crippen LogP contribution in [0.2, 0.25) is 0 Å². The summed E-state index contributed by atoms with van der Waals surface area (Å²) in [6.45, 7) is 2.07. The summed E-state index contributed by atoms with van der Waals surface area (Å²) in [5.74, 6) is 1.51. The lowest BCUT2D eigenvalue weighted by Gasteiger charge is -2.42. The fraction of sp³-hybridized carbons (Fsp3) is 0.423. The average molecular weight is 431 g/mol. The number of amides is 1. The molecule has 1 saturated carbocycles. The first-order valence-corrected chi connectivity index (χ1v) is 11.3. The summed E-state index contributed by atoms with van der Waals surface area (Å²) in [5, 5.41) is 9.28. The number of carbonyl (C=O) groups is 1. The van der Waals surface area contributed by atoms with Crippen LogP contribution in [0.15, 0.2) is 47.5 Å². The summed E-state index contributed by atoms with van der Waals surface area (Å²) in [7, 11) is 1.61. The van der Waals surface area contributed by atoms with Gasteiger partial charge in [-0.1, -0.05) is 37.5 Å². The minimum Gasteiger partial charge on any atom is -0.490 e. The fourth-order valence-electron chi connectivity index (χ4n) is 4.97. The molecule has 2 N–H and O–H groups in total. The number of aliphatic imine (C=N–C) groups is 1. The van der Waals surface area contributed by atoms with Gasteiger partial charge in [-0.05, 0) is 61.1 Å². The molecule has 32 heavy (non-hydrogen) atoms. The third-order valence-corrected chi connectivity index (χ3v) is 6.82. The van der Waals surface area contributed by atoms with Gasteiger partial charge in [0, 0.05) is 19.0 Å². The number of rotatable bonds is 4. The number of fused-ring (bicyclic) bond motifs is 1. The molecule has 1 fully saturated rings.